The molecule has 1 aliphatic heterocycles. The summed E-state index contributed by atoms with van der Waals surface area (Å²) in [6, 6.07) is 9.72. The van der Waals surface area contributed by atoms with E-state index in [-0.39, 0.29) is 6.04 Å². The van der Waals surface area contributed by atoms with Crippen LogP contribution in [0.1, 0.15) is 24.3 Å². The zero-order valence-electron chi connectivity index (χ0n) is 10.5. The maximum atomic E-state index is 11.4. The monoisotopic (exact) mass is 248 g/mol. The second-order valence-electron chi connectivity index (χ2n) is 4.94. The molecular formula is C14H20N2O2. The fourth-order valence-electron chi connectivity index (χ4n) is 2.41. The number of benzene rings is 1. The maximum absolute atomic E-state index is 11.4. The van der Waals surface area contributed by atoms with Crippen LogP contribution in [0.4, 0.5) is 0 Å². The molecule has 1 atom stereocenters. The fraction of sp³-hybridized carbons (Fsp3) is 0.500. The highest BCUT2D eigenvalue weighted by Crippen LogP contribution is 2.19. The van der Waals surface area contributed by atoms with Gasteiger partial charge in [0.2, 0.25) is 0 Å². The Morgan fingerprint density at radius 1 is 1.33 bits per heavy atom. The molecular weight excluding hydrogens is 228 g/mol. The Bertz CT molecular complexity index is 386. The lowest BCUT2D eigenvalue weighted by Crippen LogP contribution is -2.42. The van der Waals surface area contributed by atoms with Crippen LogP contribution in [0.25, 0.3) is 0 Å². The van der Waals surface area contributed by atoms with Crippen molar-refractivity contribution in [1.82, 2.24) is 4.90 Å². The topological polar surface area (TPSA) is 66.6 Å². The third-order valence-corrected chi connectivity index (χ3v) is 3.57. The molecule has 4 nitrogen and oxygen atoms in total. The van der Waals surface area contributed by atoms with Crippen molar-refractivity contribution in [2.75, 3.05) is 19.6 Å². The average Bonchev–Trinajstić information content (AvgIpc) is 2.38. The number of rotatable bonds is 4. The van der Waals surface area contributed by atoms with Crippen LogP contribution in [-0.2, 0) is 4.79 Å². The Kier molecular flexibility index (Phi) is 4.33. The molecule has 1 heterocycles. The van der Waals surface area contributed by atoms with Crippen molar-refractivity contribution < 1.29 is 9.90 Å². The molecule has 1 saturated heterocycles. The Morgan fingerprint density at radius 2 is 1.94 bits per heavy atom. The number of carboxylic acids is 1. The van der Waals surface area contributed by atoms with Gasteiger partial charge in [0, 0.05) is 12.6 Å². The summed E-state index contributed by atoms with van der Waals surface area (Å²) in [5.74, 6) is -1.20. The molecule has 1 fully saturated rings. The average molecular weight is 248 g/mol. The zero-order chi connectivity index (χ0) is 13.0. The zero-order valence-corrected chi connectivity index (χ0v) is 10.5. The van der Waals surface area contributed by atoms with Crippen molar-refractivity contribution in [1.29, 1.82) is 0 Å². The molecule has 0 aliphatic carbocycles. The van der Waals surface area contributed by atoms with Gasteiger partial charge in [0.15, 0.2) is 0 Å². The molecule has 0 bridgehead atoms. The van der Waals surface area contributed by atoms with Gasteiger partial charge in [0.05, 0.1) is 5.92 Å². The predicted octanol–water partition coefficient (Wildman–Crippen LogP) is 1.28. The number of likely N-dealkylation sites (tertiary alicyclic amines) is 1. The summed E-state index contributed by atoms with van der Waals surface area (Å²) in [5, 5.41) is 9.36. The first kappa shape index (κ1) is 13.1. The predicted molar refractivity (Wildman–Crippen MR) is 70.5 cm³/mol. The van der Waals surface area contributed by atoms with Crippen molar-refractivity contribution in [3.05, 3.63) is 35.9 Å². The Hall–Kier alpha value is -1.39. The van der Waals surface area contributed by atoms with Crippen LogP contribution < -0.4 is 5.73 Å². The summed E-state index contributed by atoms with van der Waals surface area (Å²) in [4.78, 5) is 13.6. The molecule has 2 rings (SSSR count). The minimum Gasteiger partial charge on any atom is -0.481 e. The van der Waals surface area contributed by atoms with E-state index in [2.05, 4.69) is 4.90 Å². The van der Waals surface area contributed by atoms with Crippen molar-refractivity contribution >= 4 is 5.97 Å². The number of nitrogens with two attached hydrogens (primary N) is 1. The van der Waals surface area contributed by atoms with E-state index in [0.717, 1.165) is 31.5 Å². The van der Waals surface area contributed by atoms with Crippen LogP contribution >= 0.6 is 0 Å². The van der Waals surface area contributed by atoms with E-state index in [1.165, 1.54) is 0 Å². The van der Waals surface area contributed by atoms with E-state index in [4.69, 9.17) is 5.73 Å². The Morgan fingerprint density at radius 3 is 2.50 bits per heavy atom. The lowest BCUT2D eigenvalue weighted by molar-refractivity contribution is -0.139. The molecule has 18 heavy (non-hydrogen) atoms. The molecule has 0 spiro atoms. The Labute approximate surface area is 107 Å². The first-order valence-corrected chi connectivity index (χ1v) is 6.42. The summed E-state index contributed by atoms with van der Waals surface area (Å²) in [6.07, 6.45) is 1.92. The molecule has 4 heteroatoms. The molecule has 0 amide bonds. The fourth-order valence-corrected chi connectivity index (χ4v) is 2.41. The van der Waals surface area contributed by atoms with E-state index in [1.807, 2.05) is 30.3 Å². The van der Waals surface area contributed by atoms with Crippen LogP contribution in [-0.4, -0.2) is 41.7 Å². The van der Waals surface area contributed by atoms with Gasteiger partial charge in [-0.3, -0.25) is 4.79 Å². The highest BCUT2D eigenvalue weighted by molar-refractivity contribution is 5.76. The van der Waals surface area contributed by atoms with Gasteiger partial charge in [0.1, 0.15) is 0 Å². The quantitative estimate of drug-likeness (QED) is 0.842. The van der Waals surface area contributed by atoms with Crippen LogP contribution in [0, 0.1) is 0 Å². The first-order valence-electron chi connectivity index (χ1n) is 6.42. The molecule has 3 N–H and O–H groups in total. The van der Waals surface area contributed by atoms with Gasteiger partial charge >= 0.3 is 5.97 Å². The number of carbonyl (C=O) groups is 1. The van der Waals surface area contributed by atoms with E-state index >= 15 is 0 Å². The summed E-state index contributed by atoms with van der Waals surface area (Å²) >= 11 is 0. The number of hydrogen-bond donors (Lipinski definition) is 2. The van der Waals surface area contributed by atoms with Gasteiger partial charge in [0.25, 0.3) is 0 Å². The van der Waals surface area contributed by atoms with Crippen molar-refractivity contribution in [3.8, 4) is 0 Å². The summed E-state index contributed by atoms with van der Waals surface area (Å²) in [7, 11) is 0. The molecule has 0 saturated carbocycles. The van der Waals surface area contributed by atoms with E-state index in [9.17, 15) is 9.90 Å². The van der Waals surface area contributed by atoms with Gasteiger partial charge < -0.3 is 15.7 Å². The lowest BCUT2D eigenvalue weighted by atomic mass is 9.97. The SMILES string of the molecule is NC1CCN(CC(C(=O)O)c2ccccc2)CC1. The third-order valence-electron chi connectivity index (χ3n) is 3.57. The summed E-state index contributed by atoms with van der Waals surface area (Å²) < 4.78 is 0. The van der Waals surface area contributed by atoms with E-state index < -0.39 is 11.9 Å². The number of carboxylic acid groups (broad SMARTS) is 1. The number of hydrogen-bond acceptors (Lipinski definition) is 3. The van der Waals surface area contributed by atoms with Crippen LogP contribution in [0.15, 0.2) is 30.3 Å². The standard InChI is InChI=1S/C14H20N2O2/c15-12-6-8-16(9-7-12)10-13(14(17)18)11-4-2-1-3-5-11/h1-5,12-13H,6-10,15H2,(H,17,18). The normalized spacial score (nSPS) is 19.6. The minimum atomic E-state index is -0.754. The van der Waals surface area contributed by atoms with Crippen molar-refractivity contribution in [3.63, 3.8) is 0 Å². The number of nitrogens with zero attached hydrogens (tertiary/aromatic N) is 1. The largest absolute Gasteiger partial charge is 0.481 e. The van der Waals surface area contributed by atoms with E-state index in [1.54, 1.807) is 0 Å². The van der Waals surface area contributed by atoms with Crippen molar-refractivity contribution in [2.24, 2.45) is 5.73 Å². The van der Waals surface area contributed by atoms with Crippen LogP contribution in [0.2, 0.25) is 0 Å². The van der Waals surface area contributed by atoms with Gasteiger partial charge in [-0.05, 0) is 31.5 Å². The smallest absolute Gasteiger partial charge is 0.312 e. The van der Waals surface area contributed by atoms with E-state index in [0.29, 0.717) is 6.54 Å². The molecule has 0 radical (unpaired) electrons. The number of piperidine rings is 1. The molecule has 98 valence electrons. The van der Waals surface area contributed by atoms with Crippen molar-refractivity contribution in [2.45, 2.75) is 24.8 Å². The van der Waals surface area contributed by atoms with Crippen LogP contribution in [0.3, 0.4) is 0 Å². The highest BCUT2D eigenvalue weighted by atomic mass is 16.4. The lowest BCUT2D eigenvalue weighted by Gasteiger charge is -2.31. The molecule has 1 unspecified atom stereocenters. The Balaban J connectivity index is 2.01. The molecule has 1 aromatic rings. The second-order valence-corrected chi connectivity index (χ2v) is 4.94. The number of aliphatic carboxylic acids is 1. The molecule has 0 aromatic heterocycles. The third kappa shape index (κ3) is 3.31. The first-order chi connectivity index (χ1) is 8.66. The maximum Gasteiger partial charge on any atom is 0.312 e. The van der Waals surface area contributed by atoms with Gasteiger partial charge in [-0.25, -0.2) is 0 Å². The highest BCUT2D eigenvalue weighted by Gasteiger charge is 2.25. The second kappa shape index (κ2) is 5.98. The van der Waals surface area contributed by atoms with Gasteiger partial charge in [-0.1, -0.05) is 30.3 Å². The molecule has 1 aromatic carbocycles. The summed E-state index contributed by atoms with van der Waals surface area (Å²) in [6.45, 7) is 2.38. The van der Waals surface area contributed by atoms with Gasteiger partial charge in [-0.15, -0.1) is 0 Å². The molecule has 1 aliphatic rings. The summed E-state index contributed by atoms with van der Waals surface area (Å²) in [5.41, 5.74) is 6.73. The van der Waals surface area contributed by atoms with Gasteiger partial charge in [-0.2, -0.15) is 0 Å². The van der Waals surface area contributed by atoms with Crippen LogP contribution in [0.5, 0.6) is 0 Å². The minimum absolute atomic E-state index is 0.279.